The van der Waals surface area contributed by atoms with E-state index in [1.165, 1.54) is 45.2 Å². The van der Waals surface area contributed by atoms with Crippen molar-refractivity contribution in [3.05, 3.63) is 0 Å². The molecule has 1 aliphatic carbocycles. The van der Waals surface area contributed by atoms with Gasteiger partial charge in [-0.2, -0.15) is 0 Å². The molecule has 1 N–H and O–H groups in total. The van der Waals surface area contributed by atoms with Gasteiger partial charge >= 0.3 is 0 Å². The van der Waals surface area contributed by atoms with Crippen LogP contribution in [-0.4, -0.2) is 61.7 Å². The molecule has 4 unspecified atom stereocenters. The number of hydrogen-bond donors (Lipinski definition) is 1. The standard InChI is InChI=1S/C18H37N3/c1-6-19-17-10-9-15(14(2)3)12-18(17)21-11-7-8-16(21)13-20(4)5/h14-19H,6-13H2,1-5H3. The lowest BCUT2D eigenvalue weighted by Crippen LogP contribution is -2.56. The van der Waals surface area contributed by atoms with Gasteiger partial charge in [0.2, 0.25) is 0 Å². The third kappa shape index (κ3) is 4.43. The predicted molar refractivity (Wildman–Crippen MR) is 91.7 cm³/mol. The van der Waals surface area contributed by atoms with Crippen LogP contribution in [0.5, 0.6) is 0 Å². The molecule has 0 aromatic heterocycles. The molecule has 2 rings (SSSR count). The summed E-state index contributed by atoms with van der Waals surface area (Å²) in [5, 5.41) is 3.79. The Hall–Kier alpha value is -0.120. The Morgan fingerprint density at radius 3 is 2.57 bits per heavy atom. The van der Waals surface area contributed by atoms with Gasteiger partial charge in [0.05, 0.1) is 0 Å². The van der Waals surface area contributed by atoms with Crippen molar-refractivity contribution in [1.82, 2.24) is 15.1 Å². The summed E-state index contributed by atoms with van der Waals surface area (Å²) in [7, 11) is 4.44. The van der Waals surface area contributed by atoms with E-state index in [2.05, 4.69) is 50.0 Å². The van der Waals surface area contributed by atoms with E-state index in [-0.39, 0.29) is 0 Å². The lowest BCUT2D eigenvalue weighted by molar-refractivity contribution is 0.0655. The van der Waals surface area contributed by atoms with Crippen LogP contribution in [0.2, 0.25) is 0 Å². The van der Waals surface area contributed by atoms with Crippen LogP contribution in [0.15, 0.2) is 0 Å². The first-order valence-corrected chi connectivity index (χ1v) is 9.16. The smallest absolute Gasteiger partial charge is 0.0255 e. The molecule has 3 heteroatoms. The molecule has 4 atom stereocenters. The Balaban J connectivity index is 2.06. The summed E-state index contributed by atoms with van der Waals surface area (Å²) in [5.41, 5.74) is 0. The maximum absolute atomic E-state index is 3.79. The summed E-state index contributed by atoms with van der Waals surface area (Å²) in [5.74, 6) is 1.76. The molecule has 0 aromatic carbocycles. The van der Waals surface area contributed by atoms with Crippen molar-refractivity contribution in [3.63, 3.8) is 0 Å². The lowest BCUT2D eigenvalue weighted by atomic mass is 9.76. The first-order valence-electron chi connectivity index (χ1n) is 9.16. The molecule has 0 aromatic rings. The maximum Gasteiger partial charge on any atom is 0.0255 e. The normalized spacial score (nSPS) is 35.0. The van der Waals surface area contributed by atoms with E-state index in [0.29, 0.717) is 6.04 Å². The van der Waals surface area contributed by atoms with E-state index in [1.54, 1.807) is 0 Å². The Morgan fingerprint density at radius 2 is 1.95 bits per heavy atom. The SMILES string of the molecule is CCNC1CCC(C(C)C)CC1N1CCCC1CN(C)C. The van der Waals surface area contributed by atoms with Gasteiger partial charge in [0.25, 0.3) is 0 Å². The molecule has 1 saturated carbocycles. The minimum Gasteiger partial charge on any atom is -0.313 e. The maximum atomic E-state index is 3.79. The topological polar surface area (TPSA) is 18.5 Å². The van der Waals surface area contributed by atoms with Crippen LogP contribution in [0.3, 0.4) is 0 Å². The first-order chi connectivity index (χ1) is 10.0. The van der Waals surface area contributed by atoms with Crippen LogP contribution >= 0.6 is 0 Å². The highest BCUT2D eigenvalue weighted by molar-refractivity contribution is 4.96. The summed E-state index contributed by atoms with van der Waals surface area (Å²) < 4.78 is 0. The van der Waals surface area contributed by atoms with Gasteiger partial charge in [-0.3, -0.25) is 4.90 Å². The van der Waals surface area contributed by atoms with Gasteiger partial charge < -0.3 is 10.2 Å². The molecule has 1 aliphatic heterocycles. The van der Waals surface area contributed by atoms with Crippen molar-refractivity contribution in [2.24, 2.45) is 11.8 Å². The summed E-state index contributed by atoms with van der Waals surface area (Å²) in [6.45, 7) is 10.7. The van der Waals surface area contributed by atoms with Gasteiger partial charge in [0.1, 0.15) is 0 Å². The number of rotatable bonds is 6. The zero-order valence-corrected chi connectivity index (χ0v) is 14.9. The molecule has 3 nitrogen and oxygen atoms in total. The fourth-order valence-corrected chi connectivity index (χ4v) is 4.56. The highest BCUT2D eigenvalue weighted by atomic mass is 15.3. The predicted octanol–water partition coefficient (Wildman–Crippen LogP) is 2.82. The van der Waals surface area contributed by atoms with Gasteiger partial charge in [-0.1, -0.05) is 20.8 Å². The zero-order chi connectivity index (χ0) is 15.4. The van der Waals surface area contributed by atoms with E-state index in [4.69, 9.17) is 0 Å². The van der Waals surface area contributed by atoms with Crippen LogP contribution in [0.4, 0.5) is 0 Å². The molecule has 2 aliphatic rings. The quantitative estimate of drug-likeness (QED) is 0.813. The van der Waals surface area contributed by atoms with Crippen LogP contribution < -0.4 is 5.32 Å². The fraction of sp³-hybridized carbons (Fsp3) is 1.00. The summed E-state index contributed by atoms with van der Waals surface area (Å²) in [4.78, 5) is 5.23. The van der Waals surface area contributed by atoms with Crippen molar-refractivity contribution >= 4 is 0 Å². The molecule has 0 radical (unpaired) electrons. The van der Waals surface area contributed by atoms with Crippen molar-refractivity contribution < 1.29 is 0 Å². The molecule has 21 heavy (non-hydrogen) atoms. The van der Waals surface area contributed by atoms with Gasteiger partial charge in [0.15, 0.2) is 0 Å². The second kappa shape index (κ2) is 7.94. The number of nitrogens with one attached hydrogen (secondary N) is 1. The molecular formula is C18H37N3. The van der Waals surface area contributed by atoms with E-state index in [1.807, 2.05) is 0 Å². The van der Waals surface area contributed by atoms with Crippen molar-refractivity contribution in [1.29, 1.82) is 0 Å². The fourth-order valence-electron chi connectivity index (χ4n) is 4.56. The summed E-state index contributed by atoms with van der Waals surface area (Å²) >= 11 is 0. The second-order valence-electron chi connectivity index (χ2n) is 7.84. The van der Waals surface area contributed by atoms with Crippen LogP contribution in [0.1, 0.15) is 52.9 Å². The highest BCUT2D eigenvalue weighted by Crippen LogP contribution is 2.35. The zero-order valence-electron chi connectivity index (χ0n) is 14.9. The highest BCUT2D eigenvalue weighted by Gasteiger charge is 2.39. The molecule has 0 bridgehead atoms. The Kier molecular flexibility index (Phi) is 6.51. The monoisotopic (exact) mass is 295 g/mol. The molecule has 1 saturated heterocycles. The molecule has 124 valence electrons. The Morgan fingerprint density at radius 1 is 1.19 bits per heavy atom. The second-order valence-corrected chi connectivity index (χ2v) is 7.84. The largest absolute Gasteiger partial charge is 0.313 e. The Bertz CT molecular complexity index is 303. The van der Waals surface area contributed by atoms with Crippen LogP contribution in [-0.2, 0) is 0 Å². The molecule has 0 amide bonds. The summed E-state index contributed by atoms with van der Waals surface area (Å²) in [6.07, 6.45) is 6.96. The molecule has 2 fully saturated rings. The average Bonchev–Trinajstić information content (AvgIpc) is 2.86. The van der Waals surface area contributed by atoms with Gasteiger partial charge in [-0.15, -0.1) is 0 Å². The van der Waals surface area contributed by atoms with Crippen molar-refractivity contribution in [3.8, 4) is 0 Å². The number of likely N-dealkylation sites (N-methyl/N-ethyl adjacent to an activating group) is 2. The molecular weight excluding hydrogens is 258 g/mol. The number of nitrogens with zero attached hydrogens (tertiary/aromatic N) is 2. The molecule has 1 heterocycles. The minimum atomic E-state index is 0.716. The number of hydrogen-bond acceptors (Lipinski definition) is 3. The third-order valence-electron chi connectivity index (χ3n) is 5.69. The number of likely N-dealkylation sites (tertiary alicyclic amines) is 1. The average molecular weight is 296 g/mol. The van der Waals surface area contributed by atoms with E-state index < -0.39 is 0 Å². The van der Waals surface area contributed by atoms with Crippen molar-refractivity contribution in [2.45, 2.75) is 71.0 Å². The van der Waals surface area contributed by atoms with E-state index in [9.17, 15) is 0 Å². The minimum absolute atomic E-state index is 0.716. The van der Waals surface area contributed by atoms with Gasteiger partial charge in [-0.25, -0.2) is 0 Å². The van der Waals surface area contributed by atoms with Crippen LogP contribution in [0.25, 0.3) is 0 Å². The lowest BCUT2D eigenvalue weighted by Gasteiger charge is -2.45. The van der Waals surface area contributed by atoms with Gasteiger partial charge in [-0.05, 0) is 71.1 Å². The van der Waals surface area contributed by atoms with E-state index >= 15 is 0 Å². The first kappa shape index (κ1) is 17.2. The third-order valence-corrected chi connectivity index (χ3v) is 5.69. The summed E-state index contributed by atoms with van der Waals surface area (Å²) in [6, 6.07) is 2.25. The Labute approximate surface area is 132 Å². The van der Waals surface area contributed by atoms with Crippen molar-refractivity contribution in [2.75, 3.05) is 33.7 Å². The van der Waals surface area contributed by atoms with E-state index in [0.717, 1.165) is 30.5 Å². The van der Waals surface area contributed by atoms with Crippen LogP contribution in [0, 0.1) is 11.8 Å². The molecule has 0 spiro atoms. The van der Waals surface area contributed by atoms with Gasteiger partial charge in [0, 0.05) is 24.7 Å².